The molecule has 2 aromatic rings. The van der Waals surface area contributed by atoms with Crippen LogP contribution in [-0.4, -0.2) is 66.1 Å². The number of carbonyl (C=O) groups excluding carboxylic acids is 1. The molecule has 0 bridgehead atoms. The standard InChI is InChI=1S/C19H26N4O3/c1-22(2)13-15-12-20-19(21-15)17-14-23(9-11-26-17)18(24)8-10-25-16-6-4-3-5-7-16/h3-7,12,17H,8-11,13-14H2,1-2H3,(H,20,21)/t17-/m1/s1. The molecule has 0 saturated carbocycles. The second kappa shape index (κ2) is 8.82. The molecular weight excluding hydrogens is 332 g/mol. The van der Waals surface area contributed by atoms with Crippen molar-refractivity contribution in [2.45, 2.75) is 19.1 Å². The van der Waals surface area contributed by atoms with E-state index in [0.29, 0.717) is 32.7 Å². The highest BCUT2D eigenvalue weighted by Gasteiger charge is 2.27. The third kappa shape index (κ3) is 5.06. The first-order chi connectivity index (χ1) is 12.6. The topological polar surface area (TPSA) is 70.7 Å². The maximum absolute atomic E-state index is 12.5. The van der Waals surface area contributed by atoms with E-state index in [9.17, 15) is 4.79 Å². The van der Waals surface area contributed by atoms with Gasteiger partial charge >= 0.3 is 0 Å². The minimum absolute atomic E-state index is 0.0781. The van der Waals surface area contributed by atoms with Crippen LogP contribution in [0, 0.1) is 0 Å². The molecular formula is C19H26N4O3. The number of nitrogens with one attached hydrogen (secondary N) is 1. The molecule has 1 aliphatic heterocycles. The Balaban J connectivity index is 1.49. The summed E-state index contributed by atoms with van der Waals surface area (Å²) in [6.07, 6.45) is 1.97. The molecule has 1 N–H and O–H groups in total. The molecule has 7 heteroatoms. The van der Waals surface area contributed by atoms with E-state index in [1.54, 1.807) is 0 Å². The van der Waals surface area contributed by atoms with E-state index in [-0.39, 0.29) is 12.0 Å². The van der Waals surface area contributed by atoms with E-state index in [4.69, 9.17) is 9.47 Å². The van der Waals surface area contributed by atoms with Gasteiger partial charge in [0.15, 0.2) is 0 Å². The number of hydrogen-bond acceptors (Lipinski definition) is 5. The predicted molar refractivity (Wildman–Crippen MR) is 97.8 cm³/mol. The van der Waals surface area contributed by atoms with Crippen molar-refractivity contribution >= 4 is 5.91 Å². The number of rotatable bonds is 7. The highest BCUT2D eigenvalue weighted by atomic mass is 16.5. The Kier molecular flexibility index (Phi) is 6.25. The monoisotopic (exact) mass is 358 g/mol. The minimum Gasteiger partial charge on any atom is -0.493 e. The molecule has 1 aromatic heterocycles. The van der Waals surface area contributed by atoms with Crippen LogP contribution in [0.2, 0.25) is 0 Å². The molecule has 1 aromatic carbocycles. The van der Waals surface area contributed by atoms with Gasteiger partial charge in [-0.2, -0.15) is 0 Å². The summed E-state index contributed by atoms with van der Waals surface area (Å²) in [5.41, 5.74) is 1.04. The predicted octanol–water partition coefficient (Wildman–Crippen LogP) is 1.84. The smallest absolute Gasteiger partial charge is 0.226 e. The summed E-state index contributed by atoms with van der Waals surface area (Å²) in [4.78, 5) is 24.1. The number of aromatic nitrogens is 2. The molecule has 1 aliphatic rings. The van der Waals surface area contributed by atoms with Gasteiger partial charge in [0.25, 0.3) is 0 Å². The SMILES string of the molecule is CN(C)Cc1cnc([C@H]2CN(C(=O)CCOc3ccccc3)CCO2)[nH]1. The molecule has 0 aliphatic carbocycles. The largest absolute Gasteiger partial charge is 0.493 e. The Morgan fingerprint density at radius 1 is 1.38 bits per heavy atom. The number of amides is 1. The van der Waals surface area contributed by atoms with Gasteiger partial charge in [0.1, 0.15) is 17.7 Å². The number of morpholine rings is 1. The van der Waals surface area contributed by atoms with Gasteiger partial charge < -0.3 is 24.3 Å². The van der Waals surface area contributed by atoms with Crippen molar-refractivity contribution in [1.29, 1.82) is 0 Å². The minimum atomic E-state index is -0.210. The van der Waals surface area contributed by atoms with Crippen LogP contribution in [-0.2, 0) is 16.1 Å². The van der Waals surface area contributed by atoms with Gasteiger partial charge in [-0.05, 0) is 26.2 Å². The molecule has 1 saturated heterocycles. The molecule has 7 nitrogen and oxygen atoms in total. The third-order valence-electron chi connectivity index (χ3n) is 4.19. The molecule has 1 atom stereocenters. The molecule has 0 spiro atoms. The summed E-state index contributed by atoms with van der Waals surface area (Å²) in [7, 11) is 4.02. The van der Waals surface area contributed by atoms with Crippen LogP contribution >= 0.6 is 0 Å². The van der Waals surface area contributed by atoms with E-state index in [1.807, 2.05) is 55.5 Å². The zero-order valence-electron chi connectivity index (χ0n) is 15.4. The summed E-state index contributed by atoms with van der Waals surface area (Å²) in [6.45, 7) is 2.79. The van der Waals surface area contributed by atoms with Crippen molar-refractivity contribution in [3.8, 4) is 5.75 Å². The summed E-state index contributed by atoms with van der Waals surface area (Å²) in [5.74, 6) is 1.64. The van der Waals surface area contributed by atoms with Gasteiger partial charge in [0.05, 0.1) is 26.2 Å². The fourth-order valence-electron chi connectivity index (χ4n) is 2.93. The van der Waals surface area contributed by atoms with Gasteiger partial charge in [-0.1, -0.05) is 18.2 Å². The van der Waals surface area contributed by atoms with E-state index in [1.165, 1.54) is 0 Å². The van der Waals surface area contributed by atoms with E-state index < -0.39 is 0 Å². The first kappa shape index (κ1) is 18.4. The van der Waals surface area contributed by atoms with Gasteiger partial charge in [0.2, 0.25) is 5.91 Å². The third-order valence-corrected chi connectivity index (χ3v) is 4.19. The van der Waals surface area contributed by atoms with Crippen molar-refractivity contribution < 1.29 is 14.3 Å². The van der Waals surface area contributed by atoms with Crippen LogP contribution in [0.5, 0.6) is 5.75 Å². The van der Waals surface area contributed by atoms with Crippen LogP contribution < -0.4 is 4.74 Å². The average Bonchev–Trinajstić information content (AvgIpc) is 3.10. The summed E-state index contributed by atoms with van der Waals surface area (Å²) in [5, 5.41) is 0. The number of hydrogen-bond donors (Lipinski definition) is 1. The molecule has 2 heterocycles. The Bertz CT molecular complexity index is 702. The highest BCUT2D eigenvalue weighted by molar-refractivity contribution is 5.76. The zero-order chi connectivity index (χ0) is 18.4. The van der Waals surface area contributed by atoms with Crippen LogP contribution in [0.1, 0.15) is 24.0 Å². The maximum Gasteiger partial charge on any atom is 0.226 e. The number of carbonyl (C=O) groups is 1. The van der Waals surface area contributed by atoms with Gasteiger partial charge in [-0.15, -0.1) is 0 Å². The van der Waals surface area contributed by atoms with Crippen LogP contribution in [0.15, 0.2) is 36.5 Å². The second-order valence-electron chi connectivity index (χ2n) is 6.64. The molecule has 1 fully saturated rings. The number of para-hydroxylation sites is 1. The summed E-state index contributed by atoms with van der Waals surface area (Å²) >= 11 is 0. The zero-order valence-corrected chi connectivity index (χ0v) is 15.4. The highest BCUT2D eigenvalue weighted by Crippen LogP contribution is 2.20. The van der Waals surface area contributed by atoms with Crippen LogP contribution in [0.25, 0.3) is 0 Å². The van der Waals surface area contributed by atoms with Gasteiger partial charge in [-0.3, -0.25) is 4.79 Å². The Morgan fingerprint density at radius 3 is 2.96 bits per heavy atom. The Labute approximate surface area is 153 Å². The van der Waals surface area contributed by atoms with Crippen molar-refractivity contribution in [2.75, 3.05) is 40.4 Å². The summed E-state index contributed by atoms with van der Waals surface area (Å²) in [6, 6.07) is 9.54. The van der Waals surface area contributed by atoms with Crippen molar-refractivity contribution in [3.05, 3.63) is 48.0 Å². The number of ether oxygens (including phenoxy) is 2. The molecule has 3 rings (SSSR count). The number of imidazole rings is 1. The lowest BCUT2D eigenvalue weighted by Gasteiger charge is -2.32. The Morgan fingerprint density at radius 2 is 2.19 bits per heavy atom. The van der Waals surface area contributed by atoms with E-state index in [2.05, 4.69) is 14.9 Å². The van der Waals surface area contributed by atoms with E-state index >= 15 is 0 Å². The van der Waals surface area contributed by atoms with Crippen LogP contribution in [0.4, 0.5) is 0 Å². The first-order valence-electron chi connectivity index (χ1n) is 8.87. The van der Waals surface area contributed by atoms with Gasteiger partial charge in [-0.25, -0.2) is 4.98 Å². The molecule has 26 heavy (non-hydrogen) atoms. The normalized spacial score (nSPS) is 17.5. The van der Waals surface area contributed by atoms with Gasteiger partial charge in [0, 0.05) is 25.0 Å². The summed E-state index contributed by atoms with van der Waals surface area (Å²) < 4.78 is 11.4. The quantitative estimate of drug-likeness (QED) is 0.818. The van der Waals surface area contributed by atoms with Crippen molar-refractivity contribution in [2.24, 2.45) is 0 Å². The number of nitrogens with zero attached hydrogens (tertiary/aromatic N) is 3. The first-order valence-corrected chi connectivity index (χ1v) is 8.87. The molecule has 140 valence electrons. The van der Waals surface area contributed by atoms with Crippen molar-refractivity contribution in [1.82, 2.24) is 19.8 Å². The lowest BCUT2D eigenvalue weighted by molar-refractivity contribution is -0.139. The average molecular weight is 358 g/mol. The lowest BCUT2D eigenvalue weighted by Crippen LogP contribution is -2.43. The molecule has 1 amide bonds. The second-order valence-corrected chi connectivity index (χ2v) is 6.64. The van der Waals surface area contributed by atoms with Crippen molar-refractivity contribution in [3.63, 3.8) is 0 Å². The fraction of sp³-hybridized carbons (Fsp3) is 0.474. The van der Waals surface area contributed by atoms with E-state index in [0.717, 1.165) is 23.8 Å². The molecule has 0 unspecified atom stereocenters. The number of aromatic amines is 1. The number of H-pyrrole nitrogens is 1. The lowest BCUT2D eigenvalue weighted by atomic mass is 10.2. The fourth-order valence-corrected chi connectivity index (χ4v) is 2.93. The maximum atomic E-state index is 12.5. The number of benzene rings is 1. The van der Waals surface area contributed by atoms with Crippen LogP contribution in [0.3, 0.4) is 0 Å². The Hall–Kier alpha value is -2.38. The molecule has 0 radical (unpaired) electrons.